The number of hydrogen-bond donors (Lipinski definition) is 2. The van der Waals surface area contributed by atoms with Crippen LogP contribution < -0.4 is 16.0 Å². The minimum absolute atomic E-state index is 0.0318. The van der Waals surface area contributed by atoms with E-state index in [1.165, 1.54) is 18.5 Å². The zero-order valence-electron chi connectivity index (χ0n) is 11.7. The average molecular weight is 289 g/mol. The van der Waals surface area contributed by atoms with Gasteiger partial charge in [-0.2, -0.15) is 0 Å². The van der Waals surface area contributed by atoms with Crippen molar-refractivity contribution in [3.63, 3.8) is 0 Å². The zero-order chi connectivity index (χ0) is 15.4. The first-order chi connectivity index (χ1) is 10.0. The Labute approximate surface area is 121 Å². The van der Waals surface area contributed by atoms with Crippen LogP contribution in [0.5, 0.6) is 5.75 Å². The number of nitrogens with two attached hydrogens (primary N) is 1. The number of nitrogen functional groups attached to an aromatic ring is 1. The molecule has 110 valence electrons. The Morgan fingerprint density at radius 3 is 2.62 bits per heavy atom. The van der Waals surface area contributed by atoms with E-state index < -0.39 is 4.92 Å². The van der Waals surface area contributed by atoms with Crippen LogP contribution in [0.15, 0.2) is 24.5 Å². The van der Waals surface area contributed by atoms with Gasteiger partial charge in [0.05, 0.1) is 29.1 Å². The number of aryl methyl sites for hydroxylation is 2. The lowest BCUT2D eigenvalue weighted by Crippen LogP contribution is -2.09. The fourth-order valence-electron chi connectivity index (χ4n) is 1.83. The highest BCUT2D eigenvalue weighted by Gasteiger charge is 2.14. The van der Waals surface area contributed by atoms with Gasteiger partial charge < -0.3 is 10.2 Å². The second-order valence-corrected chi connectivity index (χ2v) is 4.49. The number of benzene rings is 1. The van der Waals surface area contributed by atoms with Crippen molar-refractivity contribution in [3.05, 3.63) is 51.5 Å². The normalized spacial score (nSPS) is 10.2. The number of rotatable bonds is 5. The quantitative estimate of drug-likeness (QED) is 0.490. The summed E-state index contributed by atoms with van der Waals surface area (Å²) in [5.74, 6) is 6.10. The molecular formula is C13H15N5O3. The molecule has 0 radical (unpaired) electrons. The lowest BCUT2D eigenvalue weighted by Gasteiger charge is -2.10. The molecule has 0 amide bonds. The highest BCUT2D eigenvalue weighted by Crippen LogP contribution is 2.28. The van der Waals surface area contributed by atoms with Gasteiger partial charge in [-0.25, -0.2) is 10.8 Å². The number of hydrogen-bond acceptors (Lipinski definition) is 7. The first-order valence-electron chi connectivity index (χ1n) is 6.17. The first-order valence-corrected chi connectivity index (χ1v) is 6.17. The number of nitrogens with zero attached hydrogens (tertiary/aromatic N) is 3. The van der Waals surface area contributed by atoms with Gasteiger partial charge in [0, 0.05) is 5.56 Å². The lowest BCUT2D eigenvalue weighted by atomic mass is 10.1. The van der Waals surface area contributed by atoms with Crippen molar-refractivity contribution in [1.82, 2.24) is 9.97 Å². The van der Waals surface area contributed by atoms with Crippen LogP contribution in [-0.4, -0.2) is 14.9 Å². The number of ether oxygens (including phenoxy) is 1. The van der Waals surface area contributed by atoms with Crippen LogP contribution in [0.25, 0.3) is 0 Å². The highest BCUT2D eigenvalue weighted by molar-refractivity contribution is 5.49. The van der Waals surface area contributed by atoms with Gasteiger partial charge in [0.2, 0.25) is 0 Å². The zero-order valence-corrected chi connectivity index (χ0v) is 11.7. The number of anilines is 1. The molecule has 3 N–H and O–H groups in total. The van der Waals surface area contributed by atoms with E-state index in [-0.39, 0.29) is 12.3 Å². The molecule has 0 aliphatic rings. The molecular weight excluding hydrogens is 274 g/mol. The number of nitro benzene ring substituents is 1. The number of nitro groups is 1. The Balaban J connectivity index is 2.15. The maximum Gasteiger partial charge on any atom is 0.276 e. The van der Waals surface area contributed by atoms with Crippen LogP contribution in [0.3, 0.4) is 0 Å². The van der Waals surface area contributed by atoms with Crippen molar-refractivity contribution >= 4 is 11.5 Å². The Morgan fingerprint density at radius 1 is 1.29 bits per heavy atom. The number of aromatic nitrogens is 2. The summed E-state index contributed by atoms with van der Waals surface area (Å²) in [7, 11) is 0. The van der Waals surface area contributed by atoms with E-state index in [0.29, 0.717) is 22.8 Å². The summed E-state index contributed by atoms with van der Waals surface area (Å²) in [6.45, 7) is 3.69. The molecule has 0 aliphatic heterocycles. The summed E-state index contributed by atoms with van der Waals surface area (Å²) in [4.78, 5) is 18.6. The molecule has 8 heteroatoms. The molecule has 1 aromatic carbocycles. The molecule has 0 aliphatic carbocycles. The van der Waals surface area contributed by atoms with Gasteiger partial charge in [-0.05, 0) is 25.5 Å². The minimum Gasteiger partial charge on any atom is -0.487 e. The van der Waals surface area contributed by atoms with Crippen molar-refractivity contribution in [2.45, 2.75) is 20.5 Å². The topological polar surface area (TPSA) is 116 Å². The van der Waals surface area contributed by atoms with Gasteiger partial charge in [0.1, 0.15) is 12.4 Å². The molecule has 0 unspecified atom stereocenters. The predicted molar refractivity (Wildman–Crippen MR) is 76.7 cm³/mol. The summed E-state index contributed by atoms with van der Waals surface area (Å²) in [6, 6.07) is 3.15. The van der Waals surface area contributed by atoms with E-state index in [2.05, 4.69) is 15.4 Å². The van der Waals surface area contributed by atoms with Crippen molar-refractivity contribution in [3.8, 4) is 5.75 Å². The fourth-order valence-corrected chi connectivity index (χ4v) is 1.83. The summed E-state index contributed by atoms with van der Waals surface area (Å²) in [5, 5.41) is 10.9. The van der Waals surface area contributed by atoms with E-state index in [4.69, 9.17) is 10.6 Å². The summed E-state index contributed by atoms with van der Waals surface area (Å²) in [5.41, 5.74) is 4.43. The largest absolute Gasteiger partial charge is 0.487 e. The summed E-state index contributed by atoms with van der Waals surface area (Å²) >= 11 is 0. The molecule has 21 heavy (non-hydrogen) atoms. The Morgan fingerprint density at radius 2 is 2.05 bits per heavy atom. The number of nitrogens with one attached hydrogen (secondary N) is 1. The Hall–Kier alpha value is -2.74. The van der Waals surface area contributed by atoms with Gasteiger partial charge in [-0.15, -0.1) is 0 Å². The maximum atomic E-state index is 10.9. The maximum absolute atomic E-state index is 10.9. The molecule has 8 nitrogen and oxygen atoms in total. The van der Waals surface area contributed by atoms with Gasteiger partial charge in [0.15, 0.2) is 5.82 Å². The average Bonchev–Trinajstić information content (AvgIpc) is 2.46. The third-order valence-electron chi connectivity index (χ3n) is 2.92. The molecule has 1 heterocycles. The van der Waals surface area contributed by atoms with Crippen LogP contribution in [0.1, 0.15) is 16.8 Å². The third-order valence-corrected chi connectivity index (χ3v) is 2.92. The Kier molecular flexibility index (Phi) is 4.29. The van der Waals surface area contributed by atoms with Gasteiger partial charge in [-0.1, -0.05) is 0 Å². The van der Waals surface area contributed by atoms with Crippen LogP contribution in [0.2, 0.25) is 0 Å². The predicted octanol–water partition coefficient (Wildman–Crippen LogP) is 1.87. The molecule has 2 rings (SSSR count). The summed E-state index contributed by atoms with van der Waals surface area (Å²) < 4.78 is 5.58. The van der Waals surface area contributed by atoms with E-state index in [0.717, 1.165) is 5.56 Å². The fraction of sp³-hybridized carbons (Fsp3) is 0.231. The minimum atomic E-state index is -0.427. The lowest BCUT2D eigenvalue weighted by molar-refractivity contribution is -0.385. The Bertz CT molecular complexity index is 658. The van der Waals surface area contributed by atoms with Crippen molar-refractivity contribution in [1.29, 1.82) is 0 Å². The van der Waals surface area contributed by atoms with Crippen molar-refractivity contribution in [2.75, 3.05) is 5.43 Å². The van der Waals surface area contributed by atoms with E-state index in [9.17, 15) is 10.1 Å². The van der Waals surface area contributed by atoms with Gasteiger partial charge in [-0.3, -0.25) is 15.1 Å². The van der Waals surface area contributed by atoms with Crippen LogP contribution in [0, 0.1) is 24.0 Å². The van der Waals surface area contributed by atoms with Crippen molar-refractivity contribution in [2.24, 2.45) is 5.84 Å². The summed E-state index contributed by atoms with van der Waals surface area (Å²) in [6.07, 6.45) is 3.00. The van der Waals surface area contributed by atoms with Crippen molar-refractivity contribution < 1.29 is 9.66 Å². The van der Waals surface area contributed by atoms with E-state index in [1.807, 2.05) is 6.92 Å². The SMILES string of the molecule is Cc1cc(C)c([N+](=O)[O-])cc1OCc1cnc(NN)cn1. The second-order valence-electron chi connectivity index (χ2n) is 4.49. The molecule has 0 bridgehead atoms. The molecule has 0 fully saturated rings. The third kappa shape index (κ3) is 3.42. The van der Waals surface area contributed by atoms with Crippen LogP contribution in [-0.2, 0) is 6.61 Å². The highest BCUT2D eigenvalue weighted by atomic mass is 16.6. The van der Waals surface area contributed by atoms with Gasteiger partial charge in [0.25, 0.3) is 5.69 Å². The first kappa shape index (κ1) is 14.7. The van der Waals surface area contributed by atoms with E-state index >= 15 is 0 Å². The molecule has 0 saturated heterocycles. The second kappa shape index (κ2) is 6.14. The molecule has 2 aromatic rings. The van der Waals surface area contributed by atoms with Crippen LogP contribution >= 0.6 is 0 Å². The van der Waals surface area contributed by atoms with Gasteiger partial charge >= 0.3 is 0 Å². The van der Waals surface area contributed by atoms with Crippen LogP contribution in [0.4, 0.5) is 11.5 Å². The molecule has 0 atom stereocenters. The molecule has 0 spiro atoms. The standard InChI is InChI=1S/C13H15N5O3/c1-8-3-9(2)12(4-11(8)18(19)20)21-7-10-5-16-13(17-14)6-15-10/h3-6H,7,14H2,1-2H3,(H,16,17). The molecule has 1 aromatic heterocycles. The molecule has 0 saturated carbocycles. The smallest absolute Gasteiger partial charge is 0.276 e. The number of hydrazine groups is 1. The van der Waals surface area contributed by atoms with E-state index in [1.54, 1.807) is 13.0 Å². The monoisotopic (exact) mass is 289 g/mol.